The molecule has 2 aromatic rings. The summed E-state index contributed by atoms with van der Waals surface area (Å²) in [6.07, 6.45) is 8.96. The van der Waals surface area contributed by atoms with Crippen molar-refractivity contribution in [2.75, 3.05) is 19.8 Å². The van der Waals surface area contributed by atoms with Gasteiger partial charge < -0.3 is 19.2 Å². The van der Waals surface area contributed by atoms with E-state index in [1.54, 1.807) is 24.5 Å². The van der Waals surface area contributed by atoms with Gasteiger partial charge >= 0.3 is 11.8 Å². The summed E-state index contributed by atoms with van der Waals surface area (Å²) in [5.74, 6) is 1.64. The predicted octanol–water partition coefficient (Wildman–Crippen LogP) is 3.11. The summed E-state index contributed by atoms with van der Waals surface area (Å²) >= 11 is 0. The molecule has 0 saturated carbocycles. The second-order valence-electron chi connectivity index (χ2n) is 6.16. The summed E-state index contributed by atoms with van der Waals surface area (Å²) in [5.41, 5.74) is 0.668. The standard InChI is InChI=1S/C20H24N4O4/c1-3-26-16-8-7-14(12-17(16)27-4-2)9-11-22-18(25)20-24-23-19(28-20)15-6-5-10-21-13-15/h5-6,8,10,12-14H,3-4,7,9,11H2,1-2H3,(H,22,25). The Bertz CT molecular complexity index is 845. The van der Waals surface area contributed by atoms with Crippen LogP contribution in [0.25, 0.3) is 11.5 Å². The van der Waals surface area contributed by atoms with Crippen molar-refractivity contribution in [3.8, 4) is 11.5 Å². The highest BCUT2D eigenvalue weighted by molar-refractivity contribution is 5.89. The van der Waals surface area contributed by atoms with Gasteiger partial charge in [0.05, 0.1) is 18.8 Å². The molecule has 2 heterocycles. The molecule has 1 aliphatic rings. The van der Waals surface area contributed by atoms with Crippen molar-refractivity contribution in [2.24, 2.45) is 5.92 Å². The summed E-state index contributed by atoms with van der Waals surface area (Å²) in [4.78, 5) is 16.2. The second-order valence-corrected chi connectivity index (χ2v) is 6.16. The number of aromatic nitrogens is 3. The highest BCUT2D eigenvalue weighted by Crippen LogP contribution is 2.26. The number of nitrogens with zero attached hydrogens (tertiary/aromatic N) is 3. The van der Waals surface area contributed by atoms with Crippen molar-refractivity contribution in [3.63, 3.8) is 0 Å². The molecule has 0 spiro atoms. The molecule has 0 aromatic carbocycles. The fraction of sp³-hybridized carbons (Fsp3) is 0.400. The minimum atomic E-state index is -0.391. The average molecular weight is 384 g/mol. The minimum absolute atomic E-state index is 0.0634. The molecular formula is C20H24N4O4. The van der Waals surface area contributed by atoms with Crippen LogP contribution in [0.2, 0.25) is 0 Å². The molecule has 1 amide bonds. The van der Waals surface area contributed by atoms with Crippen LogP contribution in [0.4, 0.5) is 0 Å². The molecule has 1 unspecified atom stereocenters. The Kier molecular flexibility index (Phi) is 6.78. The molecule has 8 heteroatoms. The number of carbonyl (C=O) groups is 1. The zero-order chi connectivity index (χ0) is 19.8. The molecule has 1 atom stereocenters. The van der Waals surface area contributed by atoms with Crippen LogP contribution in [0.5, 0.6) is 0 Å². The van der Waals surface area contributed by atoms with Gasteiger partial charge in [0.1, 0.15) is 0 Å². The Labute approximate surface area is 163 Å². The fourth-order valence-corrected chi connectivity index (χ4v) is 2.85. The topological polar surface area (TPSA) is 99.4 Å². The predicted molar refractivity (Wildman–Crippen MR) is 102 cm³/mol. The molecule has 0 saturated heterocycles. The van der Waals surface area contributed by atoms with E-state index >= 15 is 0 Å². The van der Waals surface area contributed by atoms with E-state index in [4.69, 9.17) is 13.9 Å². The van der Waals surface area contributed by atoms with Crippen LogP contribution in [-0.2, 0) is 9.47 Å². The first kappa shape index (κ1) is 19.6. The number of allylic oxidation sites excluding steroid dienone is 2. The smallest absolute Gasteiger partial charge is 0.308 e. The van der Waals surface area contributed by atoms with Crippen LogP contribution in [0.15, 0.2) is 52.6 Å². The second kappa shape index (κ2) is 9.68. The maximum absolute atomic E-state index is 12.2. The summed E-state index contributed by atoms with van der Waals surface area (Å²) in [7, 11) is 0. The van der Waals surface area contributed by atoms with Gasteiger partial charge in [-0.2, -0.15) is 0 Å². The Morgan fingerprint density at radius 2 is 2.07 bits per heavy atom. The lowest BCUT2D eigenvalue weighted by atomic mass is 9.95. The highest BCUT2D eigenvalue weighted by atomic mass is 16.5. The molecule has 0 fully saturated rings. The van der Waals surface area contributed by atoms with Crippen LogP contribution in [0.1, 0.15) is 37.4 Å². The Morgan fingerprint density at radius 1 is 1.25 bits per heavy atom. The van der Waals surface area contributed by atoms with E-state index in [1.165, 1.54) is 0 Å². The number of amides is 1. The van der Waals surface area contributed by atoms with Gasteiger partial charge in [-0.15, -0.1) is 10.2 Å². The summed E-state index contributed by atoms with van der Waals surface area (Å²) in [5, 5.41) is 10.5. The van der Waals surface area contributed by atoms with Crippen molar-refractivity contribution in [1.29, 1.82) is 0 Å². The monoisotopic (exact) mass is 384 g/mol. The lowest BCUT2D eigenvalue weighted by Gasteiger charge is -2.21. The third-order valence-corrected chi connectivity index (χ3v) is 4.16. The quantitative estimate of drug-likeness (QED) is 0.709. The van der Waals surface area contributed by atoms with E-state index in [0.29, 0.717) is 25.3 Å². The van der Waals surface area contributed by atoms with E-state index in [9.17, 15) is 4.79 Å². The van der Waals surface area contributed by atoms with E-state index < -0.39 is 5.91 Å². The van der Waals surface area contributed by atoms with Gasteiger partial charge in [0, 0.05) is 18.9 Å². The maximum Gasteiger partial charge on any atom is 0.308 e. The molecular weight excluding hydrogens is 360 g/mol. The molecule has 1 aliphatic carbocycles. The number of carbonyl (C=O) groups excluding carboxylic acids is 1. The zero-order valence-electron chi connectivity index (χ0n) is 16.1. The van der Waals surface area contributed by atoms with Crippen molar-refractivity contribution >= 4 is 5.91 Å². The van der Waals surface area contributed by atoms with Gasteiger partial charge in [-0.1, -0.05) is 0 Å². The van der Waals surface area contributed by atoms with Crippen LogP contribution in [-0.4, -0.2) is 40.8 Å². The highest BCUT2D eigenvalue weighted by Gasteiger charge is 2.19. The van der Waals surface area contributed by atoms with Crippen molar-refractivity contribution in [3.05, 3.63) is 54.1 Å². The first-order valence-corrected chi connectivity index (χ1v) is 9.41. The molecule has 1 N–H and O–H groups in total. The third-order valence-electron chi connectivity index (χ3n) is 4.16. The van der Waals surface area contributed by atoms with Crippen molar-refractivity contribution in [2.45, 2.75) is 26.7 Å². The van der Waals surface area contributed by atoms with Gasteiger partial charge in [-0.3, -0.25) is 9.78 Å². The summed E-state index contributed by atoms with van der Waals surface area (Å²) in [6, 6.07) is 3.55. The number of nitrogens with one attached hydrogen (secondary N) is 1. The first-order valence-electron chi connectivity index (χ1n) is 9.41. The van der Waals surface area contributed by atoms with E-state index in [2.05, 4.69) is 26.6 Å². The number of ether oxygens (including phenoxy) is 2. The number of rotatable bonds is 9. The first-order chi connectivity index (χ1) is 13.7. The van der Waals surface area contributed by atoms with E-state index in [1.807, 2.05) is 19.9 Å². The molecule has 0 bridgehead atoms. The average Bonchev–Trinajstić information content (AvgIpc) is 3.21. The van der Waals surface area contributed by atoms with Gasteiger partial charge in [0.25, 0.3) is 0 Å². The molecule has 8 nitrogen and oxygen atoms in total. The van der Waals surface area contributed by atoms with Gasteiger partial charge in [-0.25, -0.2) is 0 Å². The summed E-state index contributed by atoms with van der Waals surface area (Å²) < 4.78 is 16.7. The zero-order valence-corrected chi connectivity index (χ0v) is 16.1. The normalized spacial score (nSPS) is 16.1. The largest absolute Gasteiger partial charge is 0.490 e. The lowest BCUT2D eigenvalue weighted by molar-refractivity contribution is 0.0917. The van der Waals surface area contributed by atoms with Crippen molar-refractivity contribution in [1.82, 2.24) is 20.5 Å². The van der Waals surface area contributed by atoms with Gasteiger partial charge in [-0.05, 0) is 56.9 Å². The van der Waals surface area contributed by atoms with Crippen LogP contribution in [0.3, 0.4) is 0 Å². The van der Waals surface area contributed by atoms with E-state index in [0.717, 1.165) is 24.4 Å². The summed E-state index contributed by atoms with van der Waals surface area (Å²) in [6.45, 7) is 5.56. The van der Waals surface area contributed by atoms with Crippen molar-refractivity contribution < 1.29 is 18.7 Å². The maximum atomic E-state index is 12.2. The van der Waals surface area contributed by atoms with E-state index in [-0.39, 0.29) is 17.7 Å². The Hall–Kier alpha value is -3.16. The number of hydrogen-bond donors (Lipinski definition) is 1. The minimum Gasteiger partial charge on any atom is -0.490 e. The molecule has 2 aromatic heterocycles. The molecule has 0 aliphatic heterocycles. The molecule has 0 radical (unpaired) electrons. The fourth-order valence-electron chi connectivity index (χ4n) is 2.85. The Balaban J connectivity index is 1.51. The van der Waals surface area contributed by atoms with Crippen LogP contribution < -0.4 is 5.32 Å². The Morgan fingerprint density at radius 3 is 2.82 bits per heavy atom. The molecule has 148 valence electrons. The lowest BCUT2D eigenvalue weighted by Crippen LogP contribution is -2.26. The molecule has 3 rings (SSSR count). The molecule has 28 heavy (non-hydrogen) atoms. The van der Waals surface area contributed by atoms with Gasteiger partial charge in [0.2, 0.25) is 5.89 Å². The number of pyridine rings is 1. The SMILES string of the molecule is CCOC1=CCC(CCNC(=O)c2nnc(-c3cccnc3)o2)C=C1OCC. The van der Waals surface area contributed by atoms with Gasteiger partial charge in [0.15, 0.2) is 11.5 Å². The third kappa shape index (κ3) is 4.97. The van der Waals surface area contributed by atoms with Crippen LogP contribution in [0, 0.1) is 5.92 Å². The number of hydrogen-bond acceptors (Lipinski definition) is 7. The van der Waals surface area contributed by atoms with Crippen LogP contribution >= 0.6 is 0 Å².